The number of aliphatic hydroxyl groups excluding tert-OH is 2. The van der Waals surface area contributed by atoms with Gasteiger partial charge in [-0.15, -0.1) is 0 Å². The van der Waals surface area contributed by atoms with Crippen LogP contribution in [0.25, 0.3) is 0 Å². The van der Waals surface area contributed by atoms with Gasteiger partial charge >= 0.3 is 5.97 Å². The first-order valence-electron chi connectivity index (χ1n) is 10.5. The molecule has 28 heavy (non-hydrogen) atoms. The van der Waals surface area contributed by atoms with Crippen molar-refractivity contribution in [1.82, 2.24) is 0 Å². The van der Waals surface area contributed by atoms with Crippen LogP contribution in [0.5, 0.6) is 0 Å². The van der Waals surface area contributed by atoms with Crippen molar-refractivity contribution in [2.45, 2.75) is 74.1 Å². The second kappa shape index (κ2) is 10.5. The maximum atomic E-state index is 10.7. The molecule has 1 heterocycles. The van der Waals surface area contributed by atoms with Crippen LogP contribution in [0, 0.1) is 11.8 Å². The fourth-order valence-corrected chi connectivity index (χ4v) is 6.50. The lowest BCUT2D eigenvalue weighted by Gasteiger charge is -2.33. The molecular weight excluding hydrogens is 372 g/mol. The van der Waals surface area contributed by atoms with Gasteiger partial charge in [0.1, 0.15) is 0 Å². The van der Waals surface area contributed by atoms with E-state index in [0.717, 1.165) is 38.5 Å². The summed E-state index contributed by atoms with van der Waals surface area (Å²) >= 11 is 1.95. The van der Waals surface area contributed by atoms with Crippen LogP contribution in [0.4, 0.5) is 0 Å². The molecule has 3 rings (SSSR count). The molecular formula is C23H32O4S. The minimum absolute atomic E-state index is 0.129. The molecule has 1 aliphatic carbocycles. The molecule has 0 radical (unpaired) electrons. The molecule has 5 heteroatoms. The van der Waals surface area contributed by atoms with Crippen LogP contribution >= 0.6 is 11.8 Å². The summed E-state index contributed by atoms with van der Waals surface area (Å²) in [6.45, 7) is 0. The highest BCUT2D eigenvalue weighted by Gasteiger charge is 2.44. The molecule has 1 aromatic rings. The zero-order valence-corrected chi connectivity index (χ0v) is 17.1. The van der Waals surface area contributed by atoms with Gasteiger partial charge in [-0.1, -0.05) is 42.5 Å². The highest BCUT2D eigenvalue weighted by Crippen LogP contribution is 2.49. The summed E-state index contributed by atoms with van der Waals surface area (Å²) in [6.07, 6.45) is 9.58. The van der Waals surface area contributed by atoms with Crippen molar-refractivity contribution in [1.29, 1.82) is 0 Å². The fraction of sp³-hybridized carbons (Fsp3) is 0.609. The van der Waals surface area contributed by atoms with E-state index in [1.165, 1.54) is 5.56 Å². The first-order valence-corrected chi connectivity index (χ1v) is 11.4. The van der Waals surface area contributed by atoms with Crippen molar-refractivity contribution in [3.63, 3.8) is 0 Å². The number of aliphatic hydroxyl groups is 2. The first kappa shape index (κ1) is 21.4. The van der Waals surface area contributed by atoms with E-state index in [1.807, 2.05) is 36.0 Å². The Labute approximate surface area is 172 Å². The molecule has 4 nitrogen and oxygen atoms in total. The lowest BCUT2D eigenvalue weighted by Crippen LogP contribution is -2.26. The monoisotopic (exact) mass is 404 g/mol. The summed E-state index contributed by atoms with van der Waals surface area (Å²) in [5, 5.41) is 30.6. The molecule has 0 bridgehead atoms. The van der Waals surface area contributed by atoms with Gasteiger partial charge in [-0.3, -0.25) is 4.79 Å². The predicted molar refractivity (Wildman–Crippen MR) is 113 cm³/mol. The van der Waals surface area contributed by atoms with Gasteiger partial charge in [0.25, 0.3) is 0 Å². The van der Waals surface area contributed by atoms with Crippen molar-refractivity contribution in [2.24, 2.45) is 11.8 Å². The highest BCUT2D eigenvalue weighted by atomic mass is 32.2. The largest absolute Gasteiger partial charge is 0.481 e. The summed E-state index contributed by atoms with van der Waals surface area (Å²) in [7, 11) is 0. The zero-order valence-electron chi connectivity index (χ0n) is 16.3. The standard InChI is InChI=1S/C23H32O4S/c24-17(10-9-16-5-2-1-3-6-16)11-13-19-20-14-12-18(7-4-8-23(26)27)28-22(20)15-21(19)25/h1-3,5-6,11,13,17-22,24-25H,4,7-10,12,14-15H2,(H,26,27)/t17-,18-,19+,20+,21+,22-/m0/s1. The van der Waals surface area contributed by atoms with E-state index in [1.54, 1.807) is 0 Å². The van der Waals surface area contributed by atoms with Gasteiger partial charge in [-0.2, -0.15) is 11.8 Å². The Balaban J connectivity index is 1.46. The van der Waals surface area contributed by atoms with Crippen molar-refractivity contribution in [3.8, 4) is 0 Å². The van der Waals surface area contributed by atoms with E-state index in [0.29, 0.717) is 22.8 Å². The van der Waals surface area contributed by atoms with Gasteiger partial charge in [0.2, 0.25) is 0 Å². The second-order valence-electron chi connectivity index (χ2n) is 8.18. The number of benzene rings is 1. The van der Waals surface area contributed by atoms with Crippen molar-refractivity contribution in [3.05, 3.63) is 48.0 Å². The number of carboxylic acid groups (broad SMARTS) is 1. The van der Waals surface area contributed by atoms with E-state index < -0.39 is 12.1 Å². The second-order valence-corrected chi connectivity index (χ2v) is 9.72. The molecule has 1 saturated heterocycles. The third-order valence-corrected chi connectivity index (χ3v) is 7.87. The van der Waals surface area contributed by atoms with E-state index in [2.05, 4.69) is 18.2 Å². The molecule has 0 unspecified atom stereocenters. The number of fused-ring (bicyclic) bond motifs is 1. The molecule has 1 saturated carbocycles. The molecule has 1 aliphatic heterocycles. The fourth-order valence-electron chi connectivity index (χ4n) is 4.61. The third kappa shape index (κ3) is 6.10. The average molecular weight is 405 g/mol. The van der Waals surface area contributed by atoms with E-state index in [4.69, 9.17) is 5.11 Å². The number of aliphatic carboxylic acids is 1. The van der Waals surface area contributed by atoms with E-state index >= 15 is 0 Å². The van der Waals surface area contributed by atoms with E-state index in [9.17, 15) is 15.0 Å². The Kier molecular flexibility index (Phi) is 8.00. The van der Waals surface area contributed by atoms with Crippen LogP contribution in [0.2, 0.25) is 0 Å². The van der Waals surface area contributed by atoms with Gasteiger partial charge in [0.05, 0.1) is 12.2 Å². The number of hydrogen-bond acceptors (Lipinski definition) is 4. The Hall–Kier alpha value is -1.30. The van der Waals surface area contributed by atoms with Gasteiger partial charge in [0.15, 0.2) is 0 Å². The summed E-state index contributed by atoms with van der Waals surface area (Å²) in [6, 6.07) is 10.2. The summed E-state index contributed by atoms with van der Waals surface area (Å²) < 4.78 is 0. The maximum Gasteiger partial charge on any atom is 0.303 e. The minimum Gasteiger partial charge on any atom is -0.481 e. The van der Waals surface area contributed by atoms with Crippen LogP contribution in [0.15, 0.2) is 42.5 Å². The minimum atomic E-state index is -0.717. The lowest BCUT2D eigenvalue weighted by molar-refractivity contribution is -0.137. The predicted octanol–water partition coefficient (Wildman–Crippen LogP) is 4.05. The summed E-state index contributed by atoms with van der Waals surface area (Å²) in [4.78, 5) is 10.7. The molecule has 1 aromatic carbocycles. The molecule has 2 aliphatic rings. The van der Waals surface area contributed by atoms with Crippen molar-refractivity contribution in [2.75, 3.05) is 0 Å². The average Bonchev–Trinajstić information content (AvgIpc) is 2.99. The molecule has 2 fully saturated rings. The Bertz CT molecular complexity index is 647. The SMILES string of the molecule is O=C(O)CCC[C@H]1CC[C@@H]2[C@@H](C=C[C@@H](O)CCc3ccccc3)[C@H](O)C[C@@H]2S1. The van der Waals surface area contributed by atoms with Gasteiger partial charge in [-0.05, 0) is 56.4 Å². The Morgan fingerprint density at radius 1 is 1.25 bits per heavy atom. The Morgan fingerprint density at radius 2 is 2.04 bits per heavy atom. The van der Waals surface area contributed by atoms with Crippen molar-refractivity contribution < 1.29 is 20.1 Å². The van der Waals surface area contributed by atoms with Crippen molar-refractivity contribution >= 4 is 17.7 Å². The van der Waals surface area contributed by atoms with Gasteiger partial charge in [-0.25, -0.2) is 0 Å². The smallest absolute Gasteiger partial charge is 0.303 e. The highest BCUT2D eigenvalue weighted by molar-refractivity contribution is 8.00. The normalized spacial score (nSPS) is 31.0. The lowest BCUT2D eigenvalue weighted by atomic mass is 9.88. The van der Waals surface area contributed by atoms with Crippen LogP contribution in [0.3, 0.4) is 0 Å². The molecule has 3 N–H and O–H groups in total. The van der Waals surface area contributed by atoms with Gasteiger partial charge in [0, 0.05) is 22.8 Å². The molecule has 0 amide bonds. The molecule has 0 spiro atoms. The van der Waals surface area contributed by atoms with Crippen LogP contribution < -0.4 is 0 Å². The van der Waals surface area contributed by atoms with Crippen LogP contribution in [0.1, 0.15) is 50.5 Å². The molecule has 154 valence electrons. The third-order valence-electron chi connectivity index (χ3n) is 6.12. The number of aryl methyl sites for hydroxylation is 1. The topological polar surface area (TPSA) is 77.8 Å². The first-order chi connectivity index (χ1) is 13.5. The Morgan fingerprint density at radius 3 is 2.79 bits per heavy atom. The summed E-state index contributed by atoms with van der Waals surface area (Å²) in [5.74, 6) is -0.122. The van der Waals surface area contributed by atoms with Gasteiger partial charge < -0.3 is 15.3 Å². The quantitative estimate of drug-likeness (QED) is 0.541. The van der Waals surface area contributed by atoms with Crippen LogP contribution in [-0.4, -0.2) is 44.0 Å². The van der Waals surface area contributed by atoms with Crippen LogP contribution in [-0.2, 0) is 11.2 Å². The summed E-state index contributed by atoms with van der Waals surface area (Å²) in [5.41, 5.74) is 1.23. The van der Waals surface area contributed by atoms with E-state index in [-0.39, 0.29) is 18.4 Å². The number of rotatable bonds is 9. The zero-order chi connectivity index (χ0) is 19.9. The number of carboxylic acids is 1. The molecule has 0 aromatic heterocycles. The maximum absolute atomic E-state index is 10.7. The molecule has 6 atom stereocenters. The number of hydrogen-bond donors (Lipinski definition) is 3. The number of thioether (sulfide) groups is 1. The number of carbonyl (C=O) groups is 1.